The second-order valence-electron chi connectivity index (χ2n) is 9.39. The largest absolute Gasteiger partial charge is 0.493 e. The van der Waals surface area contributed by atoms with Crippen molar-refractivity contribution in [2.45, 2.75) is 56.3 Å². The van der Waals surface area contributed by atoms with Crippen LogP contribution in [0.25, 0.3) is 0 Å². The number of allylic oxidation sites excluding steroid dienone is 3. The molecule has 37 heavy (non-hydrogen) atoms. The molecule has 2 aliphatic rings. The fourth-order valence-electron chi connectivity index (χ4n) is 5.17. The summed E-state index contributed by atoms with van der Waals surface area (Å²) in [6.45, 7) is 4.32. The Hall–Kier alpha value is -3.19. The smallest absolute Gasteiger partial charge is 0.336 e. The minimum Gasteiger partial charge on any atom is -0.493 e. The van der Waals surface area contributed by atoms with E-state index >= 15 is 0 Å². The summed E-state index contributed by atoms with van der Waals surface area (Å²) in [6.07, 6.45) is 4.78. The van der Waals surface area contributed by atoms with Crippen molar-refractivity contribution in [2.75, 3.05) is 27.1 Å². The van der Waals surface area contributed by atoms with Crippen LogP contribution in [0.15, 0.2) is 69.9 Å². The summed E-state index contributed by atoms with van der Waals surface area (Å²) in [5, 5.41) is 3.42. The zero-order valence-electron chi connectivity index (χ0n) is 22.2. The molecule has 0 spiro atoms. The Kier molecular flexibility index (Phi) is 8.64. The quantitative estimate of drug-likeness (QED) is 0.242. The molecule has 0 saturated heterocycles. The normalized spacial score (nSPS) is 19.3. The molecule has 1 N–H and O–H groups in total. The van der Waals surface area contributed by atoms with Gasteiger partial charge in [-0.1, -0.05) is 31.5 Å². The summed E-state index contributed by atoms with van der Waals surface area (Å²) in [5.41, 5.74) is 4.74. The van der Waals surface area contributed by atoms with E-state index in [0.717, 1.165) is 40.3 Å². The number of rotatable bonds is 9. The van der Waals surface area contributed by atoms with Gasteiger partial charge < -0.3 is 19.5 Å². The number of esters is 1. The molecule has 1 aliphatic carbocycles. The van der Waals surface area contributed by atoms with Crippen LogP contribution < -0.4 is 14.8 Å². The van der Waals surface area contributed by atoms with Gasteiger partial charge in [-0.25, -0.2) is 4.79 Å². The molecule has 2 aromatic rings. The molecule has 0 fully saturated rings. The number of methoxy groups -OCH3 is 2. The minimum atomic E-state index is -0.458. The van der Waals surface area contributed by atoms with Crippen LogP contribution in [0, 0.1) is 0 Å². The fraction of sp³-hybridized carbons (Fsp3) is 0.400. The van der Waals surface area contributed by atoms with Crippen molar-refractivity contribution in [3.05, 3.63) is 76.1 Å². The topological polar surface area (TPSA) is 73.9 Å². The van der Waals surface area contributed by atoms with E-state index in [9.17, 15) is 9.59 Å². The zero-order valence-corrected chi connectivity index (χ0v) is 23.0. The molecule has 2 atom stereocenters. The van der Waals surface area contributed by atoms with Crippen LogP contribution in [0.5, 0.6) is 11.5 Å². The molecule has 0 bridgehead atoms. The summed E-state index contributed by atoms with van der Waals surface area (Å²) in [4.78, 5) is 28.2. The molecule has 0 saturated carbocycles. The molecule has 2 aromatic carbocycles. The van der Waals surface area contributed by atoms with Crippen molar-refractivity contribution < 1.29 is 23.8 Å². The van der Waals surface area contributed by atoms with Crippen molar-refractivity contribution >= 4 is 23.5 Å². The first-order chi connectivity index (χ1) is 17.9. The molecule has 1 heterocycles. The Labute approximate surface area is 223 Å². The van der Waals surface area contributed by atoms with Crippen LogP contribution in [0.1, 0.15) is 62.5 Å². The summed E-state index contributed by atoms with van der Waals surface area (Å²) >= 11 is 1.66. The fourth-order valence-corrected chi connectivity index (χ4v) is 5.58. The molecule has 7 heteroatoms. The lowest BCUT2D eigenvalue weighted by Gasteiger charge is -2.36. The Balaban J connectivity index is 1.73. The first kappa shape index (κ1) is 26.9. The van der Waals surface area contributed by atoms with Gasteiger partial charge in [-0.3, -0.25) is 4.79 Å². The number of Topliss-reactive ketones (excluding diaryl/α,β-unsaturated/α-hetero) is 1. The summed E-state index contributed by atoms with van der Waals surface area (Å²) in [5.74, 6) is 0.508. The number of benzene rings is 2. The maximum atomic E-state index is 13.8. The highest BCUT2D eigenvalue weighted by atomic mass is 32.2. The molecular formula is C30H35NO5S. The highest BCUT2D eigenvalue weighted by Crippen LogP contribution is 2.46. The van der Waals surface area contributed by atoms with Gasteiger partial charge >= 0.3 is 5.97 Å². The molecule has 0 radical (unpaired) electrons. The molecule has 0 amide bonds. The van der Waals surface area contributed by atoms with E-state index in [-0.39, 0.29) is 17.7 Å². The Morgan fingerprint density at radius 1 is 1.03 bits per heavy atom. The Bertz CT molecular complexity index is 1230. The number of hydrogen-bond acceptors (Lipinski definition) is 7. The maximum Gasteiger partial charge on any atom is 0.336 e. The van der Waals surface area contributed by atoms with E-state index in [4.69, 9.17) is 14.2 Å². The summed E-state index contributed by atoms with van der Waals surface area (Å²) in [7, 11) is 3.22. The first-order valence-corrected chi connectivity index (χ1v) is 13.9. The number of dihydropyridines is 1. The van der Waals surface area contributed by atoms with Crippen molar-refractivity contribution in [3.63, 3.8) is 0 Å². The number of ether oxygens (including phenoxy) is 3. The number of thioether (sulfide) groups is 1. The van der Waals surface area contributed by atoms with Gasteiger partial charge in [0.1, 0.15) is 0 Å². The van der Waals surface area contributed by atoms with Crippen LogP contribution in [0.4, 0.5) is 0 Å². The van der Waals surface area contributed by atoms with Gasteiger partial charge in [-0.05, 0) is 67.3 Å². The third-order valence-electron chi connectivity index (χ3n) is 7.11. The lowest BCUT2D eigenvalue weighted by Crippen LogP contribution is -2.36. The number of unbranched alkanes of at least 4 members (excludes halogenated alkanes) is 1. The lowest BCUT2D eigenvalue weighted by molar-refractivity contribution is -0.139. The highest BCUT2D eigenvalue weighted by molar-refractivity contribution is 7.98. The summed E-state index contributed by atoms with van der Waals surface area (Å²) in [6, 6.07) is 13.9. The van der Waals surface area contributed by atoms with Crippen molar-refractivity contribution in [1.29, 1.82) is 0 Å². The molecule has 4 rings (SSSR count). The van der Waals surface area contributed by atoms with E-state index in [0.29, 0.717) is 42.1 Å². The van der Waals surface area contributed by atoms with Gasteiger partial charge in [0.05, 0.1) is 26.4 Å². The van der Waals surface area contributed by atoms with Gasteiger partial charge in [0.15, 0.2) is 17.3 Å². The Morgan fingerprint density at radius 3 is 2.38 bits per heavy atom. The zero-order chi connectivity index (χ0) is 26.5. The lowest BCUT2D eigenvalue weighted by atomic mass is 9.71. The number of hydrogen-bond donors (Lipinski definition) is 1. The van der Waals surface area contributed by atoms with E-state index < -0.39 is 5.92 Å². The Morgan fingerprint density at radius 2 is 1.73 bits per heavy atom. The van der Waals surface area contributed by atoms with Crippen molar-refractivity contribution in [2.24, 2.45) is 0 Å². The summed E-state index contributed by atoms with van der Waals surface area (Å²) < 4.78 is 16.5. The number of nitrogens with one attached hydrogen (secondary N) is 1. The molecule has 196 valence electrons. The van der Waals surface area contributed by atoms with Crippen molar-refractivity contribution in [3.8, 4) is 11.5 Å². The third kappa shape index (κ3) is 5.57. The van der Waals surface area contributed by atoms with Gasteiger partial charge in [0.25, 0.3) is 0 Å². The second-order valence-corrected chi connectivity index (χ2v) is 10.3. The number of carbonyl (C=O) groups excluding carboxylic acids is 2. The average Bonchev–Trinajstić information content (AvgIpc) is 2.91. The second kappa shape index (κ2) is 11.9. The van der Waals surface area contributed by atoms with Crippen molar-refractivity contribution in [1.82, 2.24) is 5.32 Å². The predicted octanol–water partition coefficient (Wildman–Crippen LogP) is 6.13. The molecule has 0 aromatic heterocycles. The van der Waals surface area contributed by atoms with Crippen LogP contribution >= 0.6 is 11.8 Å². The molecule has 1 aliphatic heterocycles. The SMILES string of the molecule is CCCCOC(=O)C1=C(C)NC2=C(C(=O)CC(c3ccc(OC)c(OC)c3)C2)C1c1ccc(SC)cc1. The number of ketones is 1. The predicted molar refractivity (Wildman–Crippen MR) is 146 cm³/mol. The molecule has 2 unspecified atom stereocenters. The maximum absolute atomic E-state index is 13.8. The van der Waals surface area contributed by atoms with Crippen LogP contribution in [0.2, 0.25) is 0 Å². The van der Waals surface area contributed by atoms with E-state index in [1.807, 2.05) is 55.6 Å². The van der Waals surface area contributed by atoms with Gasteiger partial charge in [-0.15, -0.1) is 11.8 Å². The van der Waals surface area contributed by atoms with Gasteiger partial charge in [0, 0.05) is 34.2 Å². The minimum absolute atomic E-state index is 0.0103. The van der Waals surface area contributed by atoms with Gasteiger partial charge in [-0.2, -0.15) is 0 Å². The molecular weight excluding hydrogens is 486 g/mol. The average molecular weight is 522 g/mol. The molecule has 6 nitrogen and oxygen atoms in total. The van der Waals surface area contributed by atoms with E-state index in [1.165, 1.54) is 0 Å². The first-order valence-electron chi connectivity index (χ1n) is 12.7. The standard InChI is InChI=1S/C30H35NO5S/c1-6-7-14-36-30(33)27-18(2)31-23-15-21(20-10-13-25(34-3)26(17-20)35-4)16-24(32)29(23)28(27)19-8-11-22(37-5)12-9-19/h8-13,17,21,28,31H,6-7,14-16H2,1-5H3. The highest BCUT2D eigenvalue weighted by Gasteiger charge is 2.41. The van der Waals surface area contributed by atoms with Crippen LogP contribution in [-0.4, -0.2) is 38.8 Å². The van der Waals surface area contributed by atoms with Crippen LogP contribution in [0.3, 0.4) is 0 Å². The van der Waals surface area contributed by atoms with E-state index in [1.54, 1.807) is 26.0 Å². The third-order valence-corrected chi connectivity index (χ3v) is 7.85. The van der Waals surface area contributed by atoms with E-state index in [2.05, 4.69) is 12.2 Å². The van der Waals surface area contributed by atoms with Crippen LogP contribution in [-0.2, 0) is 14.3 Å². The number of carbonyl (C=O) groups is 2. The van der Waals surface area contributed by atoms with Gasteiger partial charge in [0.2, 0.25) is 0 Å². The monoisotopic (exact) mass is 521 g/mol.